The second-order valence-electron chi connectivity index (χ2n) is 3.00. The van der Waals surface area contributed by atoms with E-state index < -0.39 is 11.5 Å². The summed E-state index contributed by atoms with van der Waals surface area (Å²) in [6.45, 7) is 0. The fourth-order valence-electron chi connectivity index (χ4n) is 1.26. The highest BCUT2D eigenvalue weighted by atomic mass is 35.5. The van der Waals surface area contributed by atoms with Gasteiger partial charge in [0.15, 0.2) is 0 Å². The molecule has 0 spiro atoms. The van der Waals surface area contributed by atoms with Crippen LogP contribution in [0.15, 0.2) is 23.0 Å². The normalized spacial score (nSPS) is 10.5. The van der Waals surface area contributed by atoms with Gasteiger partial charge < -0.3 is 0 Å². The van der Waals surface area contributed by atoms with Crippen molar-refractivity contribution in [1.82, 2.24) is 15.2 Å². The molecule has 15 heavy (non-hydrogen) atoms. The quantitative estimate of drug-likeness (QED) is 0.816. The molecule has 0 atom stereocenters. The lowest BCUT2D eigenvalue weighted by atomic mass is 10.1. The van der Waals surface area contributed by atoms with Crippen molar-refractivity contribution in [3.05, 3.63) is 50.9 Å². The summed E-state index contributed by atoms with van der Waals surface area (Å²) in [6.07, 6.45) is 0.157. The number of hydrogen-bond donors (Lipinski definition) is 2. The second-order valence-corrected chi connectivity index (χ2v) is 3.41. The van der Waals surface area contributed by atoms with Crippen molar-refractivity contribution in [2.45, 2.75) is 6.42 Å². The Morgan fingerprint density at radius 3 is 2.87 bits per heavy atom. The van der Waals surface area contributed by atoms with Gasteiger partial charge in [0.05, 0.1) is 0 Å². The topological polar surface area (TPSA) is 61.5 Å². The molecule has 2 rings (SSSR count). The molecule has 0 amide bonds. The lowest BCUT2D eigenvalue weighted by Crippen LogP contribution is -2.02. The highest BCUT2D eigenvalue weighted by Crippen LogP contribution is 2.20. The summed E-state index contributed by atoms with van der Waals surface area (Å²) in [6, 6.07) is 4.42. The Morgan fingerprint density at radius 1 is 1.47 bits per heavy atom. The van der Waals surface area contributed by atoms with Crippen LogP contribution in [0.1, 0.15) is 11.4 Å². The van der Waals surface area contributed by atoms with Crippen molar-refractivity contribution in [2.24, 2.45) is 0 Å². The Bertz CT molecular complexity index is 514. The van der Waals surface area contributed by atoms with E-state index in [0.29, 0.717) is 16.4 Å². The van der Waals surface area contributed by atoms with Crippen LogP contribution in [-0.2, 0) is 6.42 Å². The van der Waals surface area contributed by atoms with E-state index in [1.807, 2.05) is 0 Å². The number of benzene rings is 1. The molecule has 4 nitrogen and oxygen atoms in total. The first-order valence-corrected chi connectivity index (χ1v) is 4.61. The average Bonchev–Trinajstić information content (AvgIpc) is 2.58. The van der Waals surface area contributed by atoms with Gasteiger partial charge in [-0.15, -0.1) is 0 Å². The Kier molecular flexibility index (Phi) is 2.55. The average molecular weight is 228 g/mol. The maximum atomic E-state index is 13.3. The van der Waals surface area contributed by atoms with Crippen LogP contribution in [0.25, 0.3) is 0 Å². The summed E-state index contributed by atoms with van der Waals surface area (Å²) in [5, 5.41) is 6.19. The summed E-state index contributed by atoms with van der Waals surface area (Å²) in [5.41, 5.74) is -0.0978. The number of halogens is 2. The zero-order valence-electron chi connectivity index (χ0n) is 7.55. The molecule has 6 heteroatoms. The van der Waals surface area contributed by atoms with Gasteiger partial charge in [0.1, 0.15) is 11.6 Å². The van der Waals surface area contributed by atoms with Gasteiger partial charge in [-0.05, 0) is 12.1 Å². The molecule has 0 bridgehead atoms. The minimum absolute atomic E-state index is 0.157. The van der Waals surface area contributed by atoms with Gasteiger partial charge in [-0.3, -0.25) is 4.98 Å². The molecule has 0 radical (unpaired) electrons. The lowest BCUT2D eigenvalue weighted by Gasteiger charge is -2.02. The highest BCUT2D eigenvalue weighted by Gasteiger charge is 2.09. The number of rotatable bonds is 2. The first-order chi connectivity index (χ1) is 7.16. The molecule has 0 aliphatic rings. The summed E-state index contributed by atoms with van der Waals surface area (Å²) >= 11 is 5.82. The Hall–Kier alpha value is -1.62. The monoisotopic (exact) mass is 227 g/mol. The van der Waals surface area contributed by atoms with Crippen LogP contribution in [0.3, 0.4) is 0 Å². The number of aromatic amines is 2. The summed E-state index contributed by atoms with van der Waals surface area (Å²) in [7, 11) is 0. The number of aromatic nitrogens is 3. The van der Waals surface area contributed by atoms with Gasteiger partial charge >= 0.3 is 5.69 Å². The first-order valence-electron chi connectivity index (χ1n) is 4.23. The van der Waals surface area contributed by atoms with Crippen molar-refractivity contribution in [3.63, 3.8) is 0 Å². The second kappa shape index (κ2) is 3.86. The molecular weight excluding hydrogens is 221 g/mol. The summed E-state index contributed by atoms with van der Waals surface area (Å²) in [5.74, 6) is -0.0571. The summed E-state index contributed by atoms with van der Waals surface area (Å²) in [4.78, 5) is 13.2. The fourth-order valence-corrected chi connectivity index (χ4v) is 1.49. The third kappa shape index (κ3) is 2.07. The van der Waals surface area contributed by atoms with Gasteiger partial charge in [0, 0.05) is 17.0 Å². The van der Waals surface area contributed by atoms with Gasteiger partial charge in [0.2, 0.25) is 0 Å². The van der Waals surface area contributed by atoms with Gasteiger partial charge in [-0.1, -0.05) is 17.7 Å². The molecule has 0 aliphatic heterocycles. The van der Waals surface area contributed by atoms with Crippen LogP contribution in [0.4, 0.5) is 4.39 Å². The smallest absolute Gasteiger partial charge is 0.293 e. The van der Waals surface area contributed by atoms with Crippen molar-refractivity contribution < 1.29 is 4.39 Å². The van der Waals surface area contributed by atoms with Crippen molar-refractivity contribution >= 4 is 11.6 Å². The molecule has 1 aromatic carbocycles. The fraction of sp³-hybridized carbons (Fsp3) is 0.111. The van der Waals surface area contributed by atoms with Crippen LogP contribution in [0, 0.1) is 5.82 Å². The Labute approximate surface area is 89.1 Å². The molecule has 0 unspecified atom stereocenters. The Morgan fingerprint density at radius 2 is 2.27 bits per heavy atom. The molecule has 1 aromatic heterocycles. The number of H-pyrrole nitrogens is 2. The minimum atomic E-state index is -0.419. The number of nitrogens with one attached hydrogen (secondary N) is 2. The Balaban J connectivity index is 2.35. The molecule has 1 heterocycles. The highest BCUT2D eigenvalue weighted by molar-refractivity contribution is 6.31. The third-order valence-electron chi connectivity index (χ3n) is 1.96. The van der Waals surface area contributed by atoms with E-state index in [0.717, 1.165) is 0 Å². The molecule has 0 fully saturated rings. The van der Waals surface area contributed by atoms with Gasteiger partial charge in [-0.2, -0.15) is 5.10 Å². The maximum absolute atomic E-state index is 13.3. The molecule has 0 saturated carbocycles. The van der Waals surface area contributed by atoms with Gasteiger partial charge in [0.25, 0.3) is 0 Å². The van der Waals surface area contributed by atoms with Crippen LogP contribution in [0.2, 0.25) is 5.02 Å². The SMILES string of the molecule is O=c1[nH]nc(Cc2c(F)cccc2Cl)[nH]1. The summed E-state index contributed by atoms with van der Waals surface area (Å²) < 4.78 is 13.3. The van der Waals surface area contributed by atoms with Crippen LogP contribution in [-0.4, -0.2) is 15.2 Å². The van der Waals surface area contributed by atoms with E-state index in [1.165, 1.54) is 12.1 Å². The largest absolute Gasteiger partial charge is 0.340 e. The minimum Gasteiger partial charge on any atom is -0.293 e. The van der Waals surface area contributed by atoms with Gasteiger partial charge in [-0.25, -0.2) is 14.3 Å². The van der Waals surface area contributed by atoms with Crippen LogP contribution >= 0.6 is 11.6 Å². The van der Waals surface area contributed by atoms with Crippen LogP contribution in [0.5, 0.6) is 0 Å². The van der Waals surface area contributed by atoms with E-state index in [4.69, 9.17) is 11.6 Å². The first kappa shape index (κ1) is 9.92. The van der Waals surface area contributed by atoms with E-state index in [-0.39, 0.29) is 6.42 Å². The molecule has 2 aromatic rings. The van der Waals surface area contributed by atoms with E-state index in [9.17, 15) is 9.18 Å². The zero-order chi connectivity index (χ0) is 10.8. The van der Waals surface area contributed by atoms with Crippen molar-refractivity contribution in [1.29, 1.82) is 0 Å². The number of nitrogens with zero attached hydrogens (tertiary/aromatic N) is 1. The van der Waals surface area contributed by atoms with E-state index in [1.54, 1.807) is 6.07 Å². The third-order valence-corrected chi connectivity index (χ3v) is 2.31. The number of hydrogen-bond acceptors (Lipinski definition) is 2. The molecule has 0 saturated heterocycles. The van der Waals surface area contributed by atoms with Crippen molar-refractivity contribution in [2.75, 3.05) is 0 Å². The van der Waals surface area contributed by atoms with Crippen molar-refractivity contribution in [3.8, 4) is 0 Å². The van der Waals surface area contributed by atoms with E-state index in [2.05, 4.69) is 15.2 Å². The maximum Gasteiger partial charge on any atom is 0.340 e. The van der Waals surface area contributed by atoms with E-state index >= 15 is 0 Å². The molecule has 2 N–H and O–H groups in total. The predicted octanol–water partition coefficient (Wildman–Crippen LogP) is 1.48. The standard InChI is InChI=1S/C9H7ClFN3O/c10-6-2-1-3-7(11)5(6)4-8-12-9(15)14-13-8/h1-3H,4H2,(H2,12,13,14,15). The molecule has 78 valence electrons. The lowest BCUT2D eigenvalue weighted by molar-refractivity contribution is 0.612. The molecular formula is C9H7ClFN3O. The predicted molar refractivity (Wildman–Crippen MR) is 53.4 cm³/mol. The molecule has 0 aliphatic carbocycles. The van der Waals surface area contributed by atoms with Crippen LogP contribution < -0.4 is 5.69 Å². The zero-order valence-corrected chi connectivity index (χ0v) is 8.31.